The molecular weight excluding hydrogens is 455 g/mol. The number of aromatic nitrogens is 2. The van der Waals surface area contributed by atoms with Gasteiger partial charge in [-0.3, -0.25) is 0 Å². The van der Waals surface area contributed by atoms with E-state index >= 15 is 0 Å². The molecule has 1 saturated heterocycles. The molecule has 9 heteroatoms. The van der Waals surface area contributed by atoms with Crippen LogP contribution >= 0.6 is 57.5 Å². The highest BCUT2D eigenvalue weighted by Crippen LogP contribution is 2.38. The molecule has 0 saturated carbocycles. The van der Waals surface area contributed by atoms with Crippen LogP contribution in [0.2, 0.25) is 15.1 Å². The van der Waals surface area contributed by atoms with E-state index in [1.54, 1.807) is 28.7 Å². The van der Waals surface area contributed by atoms with Gasteiger partial charge in [0.2, 0.25) is 0 Å². The van der Waals surface area contributed by atoms with Crippen LogP contribution in [0.15, 0.2) is 24.3 Å². The van der Waals surface area contributed by atoms with Crippen LogP contribution in [-0.2, 0) is 0 Å². The minimum absolute atomic E-state index is 0.643. The highest BCUT2D eigenvalue weighted by molar-refractivity contribution is 7.23. The van der Waals surface area contributed by atoms with Crippen LogP contribution in [0.25, 0.3) is 20.4 Å². The monoisotopic (exact) mass is 468 g/mol. The normalized spacial score (nSPS) is 15.1. The molecule has 0 amide bonds. The fourth-order valence-electron chi connectivity index (χ4n) is 3.38. The van der Waals surface area contributed by atoms with Crippen molar-refractivity contribution >= 4 is 88.2 Å². The van der Waals surface area contributed by atoms with E-state index in [0.717, 1.165) is 62.8 Å². The first-order valence-corrected chi connectivity index (χ1v) is 11.6. The van der Waals surface area contributed by atoms with Gasteiger partial charge in [-0.25, -0.2) is 9.97 Å². The van der Waals surface area contributed by atoms with Crippen LogP contribution < -0.4 is 9.80 Å². The Labute approximate surface area is 185 Å². The zero-order chi connectivity index (χ0) is 19.4. The maximum absolute atomic E-state index is 6.32. The van der Waals surface area contributed by atoms with Crippen molar-refractivity contribution in [1.82, 2.24) is 9.97 Å². The Morgan fingerprint density at radius 1 is 0.750 bits per heavy atom. The lowest BCUT2D eigenvalue weighted by atomic mass is 10.2. The number of thiazole rings is 2. The van der Waals surface area contributed by atoms with Gasteiger partial charge in [-0.05, 0) is 36.8 Å². The summed E-state index contributed by atoms with van der Waals surface area (Å²) in [6.45, 7) is 5.57. The summed E-state index contributed by atoms with van der Waals surface area (Å²) in [4.78, 5) is 14.2. The summed E-state index contributed by atoms with van der Waals surface area (Å²) >= 11 is 22.2. The topological polar surface area (TPSA) is 32.3 Å². The van der Waals surface area contributed by atoms with Gasteiger partial charge < -0.3 is 9.80 Å². The van der Waals surface area contributed by atoms with Gasteiger partial charge in [-0.15, -0.1) is 0 Å². The number of benzene rings is 2. The first kappa shape index (κ1) is 18.7. The average molecular weight is 470 g/mol. The van der Waals surface area contributed by atoms with Crippen molar-refractivity contribution < 1.29 is 0 Å². The second kappa shape index (κ2) is 7.18. The van der Waals surface area contributed by atoms with Gasteiger partial charge in [0.25, 0.3) is 0 Å². The number of fused-ring (bicyclic) bond motifs is 2. The summed E-state index contributed by atoms with van der Waals surface area (Å²) in [5, 5.41) is 4.13. The number of piperazine rings is 1. The SMILES string of the molecule is Cc1c(Cl)ccc2sc(N3CCN(c4nc5c(Cl)ccc(Cl)c5s4)CC3)nc12. The highest BCUT2D eigenvalue weighted by Gasteiger charge is 2.23. The summed E-state index contributed by atoms with van der Waals surface area (Å²) < 4.78 is 2.12. The standard InChI is InChI=1S/C19H15Cl3N4S2/c1-10-11(20)4-5-14-15(10)23-18(27-14)25-6-8-26(9-7-25)19-24-16-12(21)2-3-13(22)17(16)28-19/h2-5H,6-9H2,1H3. The van der Waals surface area contributed by atoms with E-state index in [0.29, 0.717) is 10.0 Å². The summed E-state index contributed by atoms with van der Waals surface area (Å²) in [6.07, 6.45) is 0. The largest absolute Gasteiger partial charge is 0.345 e. The molecule has 0 aliphatic carbocycles. The van der Waals surface area contributed by atoms with Crippen LogP contribution in [0.3, 0.4) is 0 Å². The molecule has 1 fully saturated rings. The first-order chi connectivity index (χ1) is 13.5. The third kappa shape index (κ3) is 3.12. The second-order valence-corrected chi connectivity index (χ2v) is 9.90. The van der Waals surface area contributed by atoms with Crippen molar-refractivity contribution in [2.24, 2.45) is 0 Å². The van der Waals surface area contributed by atoms with Crippen molar-refractivity contribution in [3.63, 3.8) is 0 Å². The van der Waals surface area contributed by atoms with Gasteiger partial charge >= 0.3 is 0 Å². The molecule has 2 aromatic heterocycles. The molecule has 2 aromatic carbocycles. The molecule has 0 unspecified atom stereocenters. The third-order valence-electron chi connectivity index (χ3n) is 4.99. The van der Waals surface area contributed by atoms with E-state index in [2.05, 4.69) is 15.9 Å². The van der Waals surface area contributed by atoms with Gasteiger partial charge in [0, 0.05) is 31.2 Å². The number of rotatable bonds is 2. The van der Waals surface area contributed by atoms with E-state index < -0.39 is 0 Å². The molecule has 0 atom stereocenters. The maximum atomic E-state index is 6.32. The quantitative estimate of drug-likeness (QED) is 0.335. The van der Waals surface area contributed by atoms with E-state index in [1.165, 1.54) is 4.70 Å². The molecule has 1 aliphatic rings. The Morgan fingerprint density at radius 3 is 2.00 bits per heavy atom. The van der Waals surface area contributed by atoms with Crippen LogP contribution in [0.5, 0.6) is 0 Å². The van der Waals surface area contributed by atoms with Gasteiger partial charge in [0.15, 0.2) is 10.3 Å². The number of hydrogen-bond donors (Lipinski definition) is 0. The summed E-state index contributed by atoms with van der Waals surface area (Å²) in [5.41, 5.74) is 2.84. The molecule has 0 bridgehead atoms. The minimum Gasteiger partial charge on any atom is -0.345 e. The van der Waals surface area contributed by atoms with Gasteiger partial charge in [-0.1, -0.05) is 57.5 Å². The fraction of sp³-hybridized carbons (Fsp3) is 0.263. The number of halogens is 3. The first-order valence-electron chi connectivity index (χ1n) is 8.81. The molecule has 144 valence electrons. The minimum atomic E-state index is 0.643. The number of aryl methyl sites for hydroxylation is 1. The molecule has 4 aromatic rings. The van der Waals surface area contributed by atoms with Crippen molar-refractivity contribution in [3.05, 3.63) is 44.9 Å². The van der Waals surface area contributed by atoms with Crippen molar-refractivity contribution in [2.45, 2.75) is 6.92 Å². The Balaban J connectivity index is 1.37. The van der Waals surface area contributed by atoms with Crippen LogP contribution in [0, 0.1) is 6.92 Å². The number of nitrogens with zero attached hydrogens (tertiary/aromatic N) is 4. The van der Waals surface area contributed by atoms with E-state index in [4.69, 9.17) is 44.8 Å². The van der Waals surface area contributed by atoms with Gasteiger partial charge in [0.1, 0.15) is 5.52 Å². The molecule has 1 aliphatic heterocycles. The Morgan fingerprint density at radius 2 is 1.32 bits per heavy atom. The molecule has 3 heterocycles. The van der Waals surface area contributed by atoms with E-state index in [1.807, 2.05) is 19.1 Å². The Bertz CT molecular complexity index is 1160. The van der Waals surface area contributed by atoms with Gasteiger partial charge in [0.05, 0.1) is 25.0 Å². The fourth-order valence-corrected chi connectivity index (χ4v) is 6.18. The molecule has 0 radical (unpaired) electrons. The lowest BCUT2D eigenvalue weighted by Crippen LogP contribution is -2.46. The zero-order valence-corrected chi connectivity index (χ0v) is 18.8. The van der Waals surface area contributed by atoms with Crippen LogP contribution in [-0.4, -0.2) is 36.1 Å². The predicted molar refractivity (Wildman–Crippen MR) is 123 cm³/mol. The molecule has 0 N–H and O–H groups in total. The molecule has 4 nitrogen and oxygen atoms in total. The highest BCUT2D eigenvalue weighted by atomic mass is 35.5. The molecule has 28 heavy (non-hydrogen) atoms. The van der Waals surface area contributed by atoms with E-state index in [9.17, 15) is 0 Å². The van der Waals surface area contributed by atoms with Crippen LogP contribution in [0.1, 0.15) is 5.56 Å². The van der Waals surface area contributed by atoms with Gasteiger partial charge in [-0.2, -0.15) is 0 Å². The molecular formula is C19H15Cl3N4S2. The number of anilines is 2. The zero-order valence-electron chi connectivity index (χ0n) is 14.9. The summed E-state index contributed by atoms with van der Waals surface area (Å²) in [7, 11) is 0. The lowest BCUT2D eigenvalue weighted by molar-refractivity contribution is 0.651. The Hall–Kier alpha value is -1.31. The van der Waals surface area contributed by atoms with Crippen molar-refractivity contribution in [2.75, 3.05) is 36.0 Å². The summed E-state index contributed by atoms with van der Waals surface area (Å²) in [5.74, 6) is 0. The van der Waals surface area contributed by atoms with Crippen LogP contribution in [0.4, 0.5) is 10.3 Å². The maximum Gasteiger partial charge on any atom is 0.186 e. The Kier molecular flexibility index (Phi) is 4.80. The van der Waals surface area contributed by atoms with E-state index in [-0.39, 0.29) is 0 Å². The van der Waals surface area contributed by atoms with Crippen molar-refractivity contribution in [3.8, 4) is 0 Å². The number of hydrogen-bond acceptors (Lipinski definition) is 6. The van der Waals surface area contributed by atoms with Crippen molar-refractivity contribution in [1.29, 1.82) is 0 Å². The molecule has 0 spiro atoms. The average Bonchev–Trinajstić information content (AvgIpc) is 3.34. The second-order valence-electron chi connectivity index (χ2n) is 6.69. The summed E-state index contributed by atoms with van der Waals surface area (Å²) in [6, 6.07) is 7.63. The molecule has 5 rings (SSSR count). The smallest absolute Gasteiger partial charge is 0.186 e. The third-order valence-corrected chi connectivity index (χ3v) is 8.36. The lowest BCUT2D eigenvalue weighted by Gasteiger charge is -2.34. The predicted octanol–water partition coefficient (Wildman–Crippen LogP) is 6.50.